The van der Waals surface area contributed by atoms with Crippen molar-refractivity contribution < 1.29 is 4.42 Å². The minimum atomic E-state index is -0.362. The van der Waals surface area contributed by atoms with Gasteiger partial charge in [-0.05, 0) is 211 Å². The van der Waals surface area contributed by atoms with E-state index < -0.39 is 0 Å². The quantitative estimate of drug-likeness (QED) is 0.0898. The Labute approximate surface area is 654 Å². The summed E-state index contributed by atoms with van der Waals surface area (Å²) in [4.78, 5) is 5.42. The van der Waals surface area contributed by atoms with Gasteiger partial charge in [0.05, 0.1) is 11.4 Å². The van der Waals surface area contributed by atoms with Crippen molar-refractivity contribution in [3.63, 3.8) is 0 Å². The molecule has 0 radical (unpaired) electrons. The zero-order valence-corrected chi connectivity index (χ0v) is 62.5. The molecular formula is C108H75BN2O. The highest BCUT2D eigenvalue weighted by Crippen LogP contribution is 2.56. The van der Waals surface area contributed by atoms with Crippen LogP contribution in [0.1, 0.15) is 26.3 Å². The summed E-state index contributed by atoms with van der Waals surface area (Å²) < 4.78 is 6.55. The average Bonchev–Trinajstić information content (AvgIpc) is 0.952. The first-order valence-corrected chi connectivity index (χ1v) is 39.0. The van der Waals surface area contributed by atoms with Gasteiger partial charge < -0.3 is 14.2 Å². The van der Waals surface area contributed by atoms with E-state index in [1.165, 1.54) is 65.8 Å². The molecule has 19 aromatic rings. The Morgan fingerprint density at radius 2 is 0.536 bits per heavy atom. The van der Waals surface area contributed by atoms with Gasteiger partial charge in [-0.15, -0.1) is 0 Å². The SMILES string of the molecule is CC(C)(C)c1cc2c3c(c1)N(c1c(-c4ccccc4)cc(-c4ccccc4)cc1-c1ccccc1)c1cc(-c4ccc5oc6ccccc6c5c4)ccc1B3c1ccc(-c3ccc4c(-c5ccccc5)c5ccccc5c(-c5ccccc5)c4c3)cc1N2c1c(-c2ccccc2)cc(-c2ccccc2)cc1-c1ccccc1. The van der Waals surface area contributed by atoms with Crippen LogP contribution < -0.4 is 26.2 Å². The summed E-state index contributed by atoms with van der Waals surface area (Å²) in [7, 11) is 0. The molecule has 18 aromatic carbocycles. The Balaban J connectivity index is 0.911. The van der Waals surface area contributed by atoms with Crippen molar-refractivity contribution >= 4 is 101 Å². The van der Waals surface area contributed by atoms with Crippen LogP contribution in [0, 0.1) is 0 Å². The van der Waals surface area contributed by atoms with Crippen LogP contribution in [-0.2, 0) is 5.41 Å². The van der Waals surface area contributed by atoms with Crippen LogP contribution in [-0.4, -0.2) is 6.71 Å². The molecule has 0 saturated carbocycles. The van der Waals surface area contributed by atoms with E-state index in [0.717, 1.165) is 145 Å². The lowest BCUT2D eigenvalue weighted by molar-refractivity contribution is 0.590. The highest BCUT2D eigenvalue weighted by atomic mass is 16.3. The molecule has 2 aliphatic rings. The van der Waals surface area contributed by atoms with Gasteiger partial charge in [0.15, 0.2) is 0 Å². The maximum Gasteiger partial charge on any atom is 0.252 e. The molecular weight excluding hydrogens is 1350 g/mol. The molecule has 2 aliphatic heterocycles. The molecule has 1 aromatic heterocycles. The van der Waals surface area contributed by atoms with Gasteiger partial charge in [0.1, 0.15) is 11.2 Å². The number of fused-ring (bicyclic) bond motifs is 9. The predicted octanol–water partition coefficient (Wildman–Crippen LogP) is 27.9. The van der Waals surface area contributed by atoms with Gasteiger partial charge in [0.2, 0.25) is 0 Å². The zero-order chi connectivity index (χ0) is 74.5. The molecule has 0 aliphatic carbocycles. The summed E-state index contributed by atoms with van der Waals surface area (Å²) in [6.45, 7) is 6.90. The lowest BCUT2D eigenvalue weighted by Gasteiger charge is -2.46. The summed E-state index contributed by atoms with van der Waals surface area (Å²) >= 11 is 0. The van der Waals surface area contributed by atoms with Gasteiger partial charge >= 0.3 is 0 Å². The minimum Gasteiger partial charge on any atom is -0.456 e. The molecule has 0 atom stereocenters. The third kappa shape index (κ3) is 11.2. The largest absolute Gasteiger partial charge is 0.456 e. The maximum absolute atomic E-state index is 6.55. The molecule has 4 heteroatoms. The molecule has 0 saturated heterocycles. The predicted molar refractivity (Wildman–Crippen MR) is 476 cm³/mol. The highest BCUT2D eigenvalue weighted by molar-refractivity contribution is 7.00. The van der Waals surface area contributed by atoms with Crippen molar-refractivity contribution in [2.24, 2.45) is 0 Å². The summed E-state index contributed by atoms with van der Waals surface area (Å²) in [6.07, 6.45) is 0. The van der Waals surface area contributed by atoms with E-state index in [9.17, 15) is 0 Å². The second-order valence-corrected chi connectivity index (χ2v) is 31.0. The Hall–Kier alpha value is -14.1. The number of benzene rings is 18. The van der Waals surface area contributed by atoms with Crippen molar-refractivity contribution in [1.29, 1.82) is 0 Å². The highest BCUT2D eigenvalue weighted by Gasteiger charge is 2.46. The van der Waals surface area contributed by atoms with E-state index in [-0.39, 0.29) is 12.1 Å². The lowest BCUT2D eigenvalue weighted by Crippen LogP contribution is -2.61. The molecule has 0 bridgehead atoms. The van der Waals surface area contributed by atoms with E-state index in [4.69, 9.17) is 4.42 Å². The maximum atomic E-state index is 6.55. The molecule has 112 heavy (non-hydrogen) atoms. The third-order valence-electron chi connectivity index (χ3n) is 23.4. The van der Waals surface area contributed by atoms with Gasteiger partial charge in [-0.25, -0.2) is 0 Å². The van der Waals surface area contributed by atoms with Crippen molar-refractivity contribution in [3.8, 4) is 111 Å². The van der Waals surface area contributed by atoms with Gasteiger partial charge in [0, 0.05) is 55.8 Å². The minimum absolute atomic E-state index is 0.270. The zero-order valence-electron chi connectivity index (χ0n) is 62.5. The van der Waals surface area contributed by atoms with Gasteiger partial charge in [0.25, 0.3) is 6.71 Å². The molecule has 0 unspecified atom stereocenters. The van der Waals surface area contributed by atoms with Gasteiger partial charge in [-0.2, -0.15) is 0 Å². The van der Waals surface area contributed by atoms with Crippen molar-refractivity contribution in [2.75, 3.05) is 9.80 Å². The van der Waals surface area contributed by atoms with Crippen LogP contribution in [0.4, 0.5) is 34.1 Å². The van der Waals surface area contributed by atoms with E-state index in [2.05, 4.69) is 431 Å². The number of nitrogens with zero attached hydrogens (tertiary/aromatic N) is 2. The third-order valence-corrected chi connectivity index (χ3v) is 23.4. The number of rotatable bonds is 12. The van der Waals surface area contributed by atoms with Crippen LogP contribution in [0.25, 0.3) is 155 Å². The molecule has 3 heterocycles. The number of hydrogen-bond donors (Lipinski definition) is 0. The van der Waals surface area contributed by atoms with Crippen molar-refractivity contribution in [2.45, 2.75) is 26.2 Å². The first kappa shape index (κ1) is 66.2. The average molecular weight is 1430 g/mol. The molecule has 0 N–H and O–H groups in total. The number of furan rings is 1. The first-order chi connectivity index (χ1) is 55.2. The molecule has 0 amide bonds. The Morgan fingerprint density at radius 1 is 0.223 bits per heavy atom. The summed E-state index contributed by atoms with van der Waals surface area (Å²) in [5, 5.41) is 7.06. The molecule has 526 valence electrons. The fourth-order valence-corrected chi connectivity index (χ4v) is 18.1. The van der Waals surface area contributed by atoms with E-state index in [1.54, 1.807) is 0 Å². The van der Waals surface area contributed by atoms with Crippen LogP contribution in [0.2, 0.25) is 0 Å². The van der Waals surface area contributed by atoms with Gasteiger partial charge in [-0.3, -0.25) is 0 Å². The number of hydrogen-bond acceptors (Lipinski definition) is 3. The fraction of sp³-hybridized carbons (Fsp3) is 0.0370. The molecule has 0 spiro atoms. The normalized spacial score (nSPS) is 12.4. The Bertz CT molecular complexity index is 6750. The Kier molecular flexibility index (Phi) is 15.9. The standard InChI is InChI=1S/C108H75BN2O/c1-108(2,3)84-68-99-105-100(69-84)111(107-91(74-40-20-8-21-41-74)64-83(71-34-14-5-15-35-71)65-92(107)75-42-22-9-23-43-75)98-67-81(79-55-59-102-93(60-79)85-48-30-31-51-101(85)112-102)54-58-96(98)109(105)95-57-53-80(78-52-56-88-94(61-78)104(77-46-26-11-27-47-77)87-50-29-28-49-86(87)103(88)76-44-24-10-25-45-76)66-97(95)110(99)106-89(72-36-16-6-17-37-72)62-82(70-32-12-4-13-33-70)63-90(106)73-38-18-7-19-39-73/h4-69H,1-3H3. The Morgan fingerprint density at radius 3 is 0.946 bits per heavy atom. The summed E-state index contributed by atoms with van der Waals surface area (Å²) in [5.74, 6) is 0. The molecule has 21 rings (SSSR count). The van der Waals surface area contributed by atoms with E-state index in [0.29, 0.717) is 0 Å². The van der Waals surface area contributed by atoms with E-state index >= 15 is 0 Å². The van der Waals surface area contributed by atoms with Crippen LogP contribution in [0.15, 0.2) is 405 Å². The lowest BCUT2D eigenvalue weighted by atomic mass is 9.33. The monoisotopic (exact) mass is 1430 g/mol. The molecule has 0 fully saturated rings. The number of para-hydroxylation sites is 1. The van der Waals surface area contributed by atoms with Crippen LogP contribution in [0.5, 0.6) is 0 Å². The second kappa shape index (κ2) is 27.0. The summed E-state index contributed by atoms with van der Waals surface area (Å²) in [5.41, 5.74) is 35.8. The fourth-order valence-electron chi connectivity index (χ4n) is 18.1. The molecule has 3 nitrogen and oxygen atoms in total. The van der Waals surface area contributed by atoms with Crippen molar-refractivity contribution in [1.82, 2.24) is 0 Å². The second-order valence-electron chi connectivity index (χ2n) is 31.0. The first-order valence-electron chi connectivity index (χ1n) is 39.0. The summed E-state index contributed by atoms with van der Waals surface area (Å²) in [6, 6.07) is 150. The number of anilines is 6. The van der Waals surface area contributed by atoms with Gasteiger partial charge in [-0.1, -0.05) is 348 Å². The van der Waals surface area contributed by atoms with Crippen LogP contribution in [0.3, 0.4) is 0 Å². The topological polar surface area (TPSA) is 19.6 Å². The van der Waals surface area contributed by atoms with Crippen molar-refractivity contribution in [3.05, 3.63) is 406 Å². The van der Waals surface area contributed by atoms with E-state index in [1.807, 2.05) is 0 Å². The smallest absolute Gasteiger partial charge is 0.252 e. The van der Waals surface area contributed by atoms with Crippen LogP contribution >= 0.6 is 0 Å².